The van der Waals surface area contributed by atoms with Crippen molar-refractivity contribution in [2.24, 2.45) is 11.3 Å². The fourth-order valence-electron chi connectivity index (χ4n) is 5.04. The van der Waals surface area contributed by atoms with Gasteiger partial charge in [-0.15, -0.1) is 11.3 Å². The summed E-state index contributed by atoms with van der Waals surface area (Å²) in [6.45, 7) is 3.39. The van der Waals surface area contributed by atoms with Crippen molar-refractivity contribution in [3.8, 4) is 0 Å². The van der Waals surface area contributed by atoms with Crippen LogP contribution >= 0.6 is 11.3 Å². The number of fused-ring (bicyclic) bond motifs is 1. The maximum absolute atomic E-state index is 11.5. The van der Waals surface area contributed by atoms with Gasteiger partial charge in [-0.25, -0.2) is 9.97 Å². The fraction of sp³-hybridized carbons (Fsp3) is 0.381. The lowest BCUT2D eigenvalue weighted by molar-refractivity contribution is -0.119. The molecule has 144 valence electrons. The predicted octanol–water partition coefficient (Wildman–Crippen LogP) is 2.41. The molecule has 2 N–H and O–H groups in total. The summed E-state index contributed by atoms with van der Waals surface area (Å²) in [6, 6.07) is 12.4. The first kappa shape index (κ1) is 17.6. The van der Waals surface area contributed by atoms with E-state index < -0.39 is 6.10 Å². The Balaban J connectivity index is 1.49. The number of aromatic nitrogens is 2. The number of nitrogens with one attached hydrogen (secondary N) is 1. The fourth-order valence-corrected chi connectivity index (χ4v) is 5.77. The van der Waals surface area contributed by atoms with Crippen LogP contribution in [-0.4, -0.2) is 46.7 Å². The van der Waals surface area contributed by atoms with E-state index >= 15 is 0 Å². The van der Waals surface area contributed by atoms with Crippen molar-refractivity contribution in [1.82, 2.24) is 15.3 Å². The molecule has 0 unspecified atom stereocenters. The van der Waals surface area contributed by atoms with E-state index in [0.717, 1.165) is 22.6 Å². The second-order valence-electron chi connectivity index (χ2n) is 7.78. The lowest BCUT2D eigenvalue weighted by Crippen LogP contribution is -2.28. The summed E-state index contributed by atoms with van der Waals surface area (Å²) >= 11 is 1.60. The zero-order valence-electron chi connectivity index (χ0n) is 15.6. The van der Waals surface area contributed by atoms with Gasteiger partial charge in [-0.3, -0.25) is 4.79 Å². The Bertz CT molecular complexity index is 1020. The molecule has 1 saturated heterocycles. The second kappa shape index (κ2) is 6.53. The summed E-state index contributed by atoms with van der Waals surface area (Å²) in [5, 5.41) is 17.2. The Kier molecular flexibility index (Phi) is 4.10. The Labute approximate surface area is 167 Å². The van der Waals surface area contributed by atoms with Gasteiger partial charge in [-0.2, -0.15) is 0 Å². The number of aliphatic hydroxyl groups excluding tert-OH is 1. The number of β-amino-alcohol motifs (C(OH)–C–C–N with tert-alkyl or cyclic N) is 1. The van der Waals surface area contributed by atoms with Crippen LogP contribution in [0.1, 0.15) is 18.4 Å². The number of thiophene rings is 1. The second-order valence-corrected chi connectivity index (χ2v) is 8.67. The van der Waals surface area contributed by atoms with Crippen LogP contribution in [0.3, 0.4) is 0 Å². The third-order valence-corrected chi connectivity index (χ3v) is 7.13. The minimum atomic E-state index is -0.472. The summed E-state index contributed by atoms with van der Waals surface area (Å²) in [7, 11) is 0. The third-order valence-electron chi connectivity index (χ3n) is 6.31. The van der Waals surface area contributed by atoms with Gasteiger partial charge in [0.05, 0.1) is 11.5 Å². The number of carbonyl (C=O) groups is 1. The van der Waals surface area contributed by atoms with Crippen LogP contribution in [0.15, 0.2) is 48.1 Å². The van der Waals surface area contributed by atoms with Crippen molar-refractivity contribution in [3.05, 3.63) is 53.7 Å². The Hall–Kier alpha value is -2.51. The van der Waals surface area contributed by atoms with Gasteiger partial charge in [0.25, 0.3) is 0 Å². The largest absolute Gasteiger partial charge is 0.391 e. The van der Waals surface area contributed by atoms with Gasteiger partial charge in [0.2, 0.25) is 5.91 Å². The smallest absolute Gasteiger partial charge is 0.216 e. The molecule has 2 fully saturated rings. The predicted molar refractivity (Wildman–Crippen MR) is 109 cm³/mol. The molecule has 2 aromatic heterocycles. The molecule has 1 aliphatic heterocycles. The molecule has 1 spiro atoms. The maximum atomic E-state index is 11.5. The van der Waals surface area contributed by atoms with Crippen molar-refractivity contribution in [2.75, 3.05) is 24.5 Å². The first-order valence-electron chi connectivity index (χ1n) is 9.52. The highest BCUT2D eigenvalue weighted by atomic mass is 32.1. The number of anilines is 1. The molecule has 3 heterocycles. The van der Waals surface area contributed by atoms with Gasteiger partial charge in [0, 0.05) is 32.0 Å². The van der Waals surface area contributed by atoms with E-state index in [0.29, 0.717) is 13.1 Å². The van der Waals surface area contributed by atoms with Gasteiger partial charge < -0.3 is 15.3 Å². The number of carbonyl (C=O) groups excluding carboxylic acids is 1. The first-order chi connectivity index (χ1) is 13.6. The minimum Gasteiger partial charge on any atom is -0.391 e. The summed E-state index contributed by atoms with van der Waals surface area (Å²) < 4.78 is 0. The van der Waals surface area contributed by atoms with E-state index in [4.69, 9.17) is 0 Å². The van der Waals surface area contributed by atoms with Crippen LogP contribution < -0.4 is 10.2 Å². The molecule has 3 aromatic rings. The number of amides is 1. The Morgan fingerprint density at radius 1 is 1.32 bits per heavy atom. The van der Waals surface area contributed by atoms with Gasteiger partial charge in [0.1, 0.15) is 17.0 Å². The topological polar surface area (TPSA) is 78.4 Å². The lowest BCUT2D eigenvalue weighted by atomic mass is 9.95. The van der Waals surface area contributed by atoms with E-state index in [1.165, 1.54) is 12.5 Å². The molecule has 6 nitrogen and oxygen atoms in total. The average Bonchev–Trinajstić information content (AvgIpc) is 2.96. The molecule has 0 radical (unpaired) electrons. The van der Waals surface area contributed by atoms with E-state index in [1.54, 1.807) is 17.7 Å². The van der Waals surface area contributed by atoms with Crippen molar-refractivity contribution in [2.45, 2.75) is 18.9 Å². The van der Waals surface area contributed by atoms with Gasteiger partial charge >= 0.3 is 0 Å². The number of benzene rings is 1. The highest BCUT2D eigenvalue weighted by Crippen LogP contribution is 2.69. The molecule has 0 bridgehead atoms. The monoisotopic (exact) mass is 394 g/mol. The van der Waals surface area contributed by atoms with Crippen molar-refractivity contribution >= 4 is 33.3 Å². The van der Waals surface area contributed by atoms with E-state index in [9.17, 15) is 9.90 Å². The highest BCUT2D eigenvalue weighted by Gasteiger charge is 2.71. The Morgan fingerprint density at radius 2 is 2.14 bits per heavy atom. The molecule has 28 heavy (non-hydrogen) atoms. The molecule has 2 aliphatic rings. The minimum absolute atomic E-state index is 0.0333. The number of hydrogen-bond donors (Lipinski definition) is 2. The molecular formula is C21H22N4O2S. The van der Waals surface area contributed by atoms with Gasteiger partial charge in [-0.05, 0) is 28.8 Å². The standard InChI is InChI=1S/C21H22N4O2S/c1-13(26)22-9-16-18(14-5-3-2-4-6-14)21(16)11-25(10-17(21)27)19-15-7-8-28-20(15)24-12-23-19/h2-8,12,16-18,27H,9-11H2,1H3,(H,22,26)/t16-,17-,18-,21-/m1/s1. The number of aliphatic hydroxyl groups is 1. The van der Waals surface area contributed by atoms with Crippen molar-refractivity contribution in [3.63, 3.8) is 0 Å². The van der Waals surface area contributed by atoms with Crippen molar-refractivity contribution < 1.29 is 9.90 Å². The summed E-state index contributed by atoms with van der Waals surface area (Å²) in [6.07, 6.45) is 1.13. The van der Waals surface area contributed by atoms with Crippen molar-refractivity contribution in [1.29, 1.82) is 0 Å². The molecular weight excluding hydrogens is 372 g/mol. The number of hydrogen-bond acceptors (Lipinski definition) is 6. The van der Waals surface area contributed by atoms with Crippen LogP contribution in [0.25, 0.3) is 10.2 Å². The molecule has 7 heteroatoms. The molecule has 4 atom stereocenters. The van der Waals surface area contributed by atoms with Gasteiger partial charge in [-0.1, -0.05) is 30.3 Å². The van der Waals surface area contributed by atoms with E-state index in [-0.39, 0.29) is 23.2 Å². The van der Waals surface area contributed by atoms with E-state index in [2.05, 4.69) is 32.3 Å². The van der Waals surface area contributed by atoms with Crippen LogP contribution in [-0.2, 0) is 4.79 Å². The SMILES string of the molecule is CC(=O)NC[C@@H]1[C@@H](c2ccccc2)[C@]12CN(c1ncnc3sccc13)C[C@H]2O. The summed E-state index contributed by atoms with van der Waals surface area (Å²) in [5.74, 6) is 1.28. The van der Waals surface area contributed by atoms with Crippen LogP contribution in [0, 0.1) is 11.3 Å². The van der Waals surface area contributed by atoms with Crippen LogP contribution in [0.5, 0.6) is 0 Å². The number of nitrogens with zero attached hydrogens (tertiary/aromatic N) is 3. The number of rotatable bonds is 4. The van der Waals surface area contributed by atoms with Crippen LogP contribution in [0.4, 0.5) is 5.82 Å². The van der Waals surface area contributed by atoms with E-state index in [1.807, 2.05) is 29.6 Å². The summed E-state index contributed by atoms with van der Waals surface area (Å²) in [4.78, 5) is 23.5. The zero-order chi connectivity index (χ0) is 19.3. The average molecular weight is 395 g/mol. The third kappa shape index (κ3) is 2.61. The molecule has 1 aromatic carbocycles. The van der Waals surface area contributed by atoms with Gasteiger partial charge in [0.15, 0.2) is 0 Å². The molecule has 5 rings (SSSR count). The molecule has 1 amide bonds. The Morgan fingerprint density at radius 3 is 2.93 bits per heavy atom. The lowest BCUT2D eigenvalue weighted by Gasteiger charge is -2.18. The molecule has 1 saturated carbocycles. The first-order valence-corrected chi connectivity index (χ1v) is 10.4. The molecule has 1 aliphatic carbocycles. The summed E-state index contributed by atoms with van der Waals surface area (Å²) in [5.41, 5.74) is 0.957. The quantitative estimate of drug-likeness (QED) is 0.711. The normalized spacial score (nSPS) is 28.8. The zero-order valence-corrected chi connectivity index (χ0v) is 16.4. The maximum Gasteiger partial charge on any atom is 0.216 e. The van der Waals surface area contributed by atoms with Crippen LogP contribution in [0.2, 0.25) is 0 Å². The highest BCUT2D eigenvalue weighted by molar-refractivity contribution is 7.16.